The molecule has 1 N–H and O–H groups in total. The highest BCUT2D eigenvalue weighted by Gasteiger charge is 2.17. The summed E-state index contributed by atoms with van der Waals surface area (Å²) in [6, 6.07) is 4.70. The van der Waals surface area contributed by atoms with Gasteiger partial charge < -0.3 is 5.32 Å². The SMILES string of the molecule is C#CCN1CCC(NCc2cccnc2)CC1. The molecule has 0 saturated carbocycles. The van der Waals surface area contributed by atoms with Gasteiger partial charge in [-0.25, -0.2) is 0 Å². The van der Waals surface area contributed by atoms with Gasteiger partial charge in [0.25, 0.3) is 0 Å². The van der Waals surface area contributed by atoms with Crippen molar-refractivity contribution in [3.05, 3.63) is 30.1 Å². The van der Waals surface area contributed by atoms with Gasteiger partial charge in [0.15, 0.2) is 0 Å². The predicted molar refractivity (Wildman–Crippen MR) is 69.4 cm³/mol. The number of nitrogens with one attached hydrogen (secondary N) is 1. The van der Waals surface area contributed by atoms with Crippen LogP contribution in [-0.2, 0) is 6.54 Å². The fourth-order valence-corrected chi connectivity index (χ4v) is 2.19. The van der Waals surface area contributed by atoms with Gasteiger partial charge >= 0.3 is 0 Å². The molecule has 0 unspecified atom stereocenters. The number of terminal acetylenes is 1. The molecule has 1 aliphatic heterocycles. The largest absolute Gasteiger partial charge is 0.310 e. The van der Waals surface area contributed by atoms with Gasteiger partial charge in [0.2, 0.25) is 0 Å². The van der Waals surface area contributed by atoms with Crippen LogP contribution in [0.2, 0.25) is 0 Å². The average Bonchev–Trinajstić information content (AvgIpc) is 2.40. The molecule has 1 saturated heterocycles. The third-order valence-corrected chi connectivity index (χ3v) is 3.22. The zero-order valence-electron chi connectivity index (χ0n) is 10.1. The third-order valence-electron chi connectivity index (χ3n) is 3.22. The molecule has 2 rings (SSSR count). The van der Waals surface area contributed by atoms with Crippen LogP contribution >= 0.6 is 0 Å². The van der Waals surface area contributed by atoms with Crippen LogP contribution in [0.15, 0.2) is 24.5 Å². The second kappa shape index (κ2) is 6.39. The first-order valence-electron chi connectivity index (χ1n) is 6.16. The van der Waals surface area contributed by atoms with Crippen molar-refractivity contribution in [2.24, 2.45) is 0 Å². The Kier molecular flexibility index (Phi) is 4.54. The summed E-state index contributed by atoms with van der Waals surface area (Å²) < 4.78 is 0. The van der Waals surface area contributed by atoms with Crippen LogP contribution in [0.5, 0.6) is 0 Å². The van der Waals surface area contributed by atoms with E-state index in [4.69, 9.17) is 6.42 Å². The lowest BCUT2D eigenvalue weighted by Gasteiger charge is -2.31. The number of hydrogen-bond donors (Lipinski definition) is 1. The second-order valence-corrected chi connectivity index (χ2v) is 4.50. The Bertz CT molecular complexity index is 361. The molecule has 90 valence electrons. The maximum Gasteiger partial charge on any atom is 0.0598 e. The van der Waals surface area contributed by atoms with Gasteiger partial charge in [0.05, 0.1) is 6.54 Å². The van der Waals surface area contributed by atoms with E-state index in [9.17, 15) is 0 Å². The van der Waals surface area contributed by atoms with Crippen LogP contribution in [-0.4, -0.2) is 35.6 Å². The van der Waals surface area contributed by atoms with E-state index in [0.29, 0.717) is 6.04 Å². The first kappa shape index (κ1) is 12.1. The Morgan fingerprint density at radius 2 is 2.29 bits per heavy atom. The number of likely N-dealkylation sites (tertiary alicyclic amines) is 1. The summed E-state index contributed by atoms with van der Waals surface area (Å²) in [5.41, 5.74) is 1.25. The molecule has 0 amide bonds. The molecule has 1 aliphatic rings. The fourth-order valence-electron chi connectivity index (χ4n) is 2.19. The van der Waals surface area contributed by atoms with E-state index in [0.717, 1.165) is 26.2 Å². The Morgan fingerprint density at radius 3 is 2.94 bits per heavy atom. The van der Waals surface area contributed by atoms with Crippen LogP contribution in [0.4, 0.5) is 0 Å². The average molecular weight is 229 g/mol. The number of rotatable bonds is 4. The highest BCUT2D eigenvalue weighted by atomic mass is 15.1. The van der Waals surface area contributed by atoms with E-state index in [1.54, 1.807) is 0 Å². The number of nitrogens with zero attached hydrogens (tertiary/aromatic N) is 2. The molecule has 0 spiro atoms. The van der Waals surface area contributed by atoms with E-state index >= 15 is 0 Å². The van der Waals surface area contributed by atoms with Crippen molar-refractivity contribution in [2.45, 2.75) is 25.4 Å². The summed E-state index contributed by atoms with van der Waals surface area (Å²) in [4.78, 5) is 6.45. The number of piperidine rings is 1. The van der Waals surface area contributed by atoms with E-state index in [1.807, 2.05) is 18.5 Å². The van der Waals surface area contributed by atoms with Crippen LogP contribution in [0.3, 0.4) is 0 Å². The standard InChI is InChI=1S/C14H19N3/c1-2-8-17-9-5-14(6-10-17)16-12-13-4-3-7-15-11-13/h1,3-4,7,11,14,16H,5-6,8-10,12H2. The summed E-state index contributed by atoms with van der Waals surface area (Å²) in [5.74, 6) is 2.71. The highest BCUT2D eigenvalue weighted by molar-refractivity contribution is 5.08. The molecule has 0 radical (unpaired) electrons. The van der Waals surface area contributed by atoms with Crippen molar-refractivity contribution in [1.29, 1.82) is 0 Å². The molecule has 0 aliphatic carbocycles. The van der Waals surface area contributed by atoms with Gasteiger partial charge in [-0.1, -0.05) is 12.0 Å². The van der Waals surface area contributed by atoms with Gasteiger partial charge in [-0.3, -0.25) is 9.88 Å². The lowest BCUT2D eigenvalue weighted by molar-refractivity contribution is 0.217. The molecule has 3 nitrogen and oxygen atoms in total. The van der Waals surface area contributed by atoms with E-state index in [-0.39, 0.29) is 0 Å². The van der Waals surface area contributed by atoms with E-state index in [2.05, 4.69) is 27.2 Å². The third kappa shape index (κ3) is 3.85. The minimum atomic E-state index is 0.615. The molecule has 0 atom stereocenters. The van der Waals surface area contributed by atoms with Crippen molar-refractivity contribution in [3.8, 4) is 12.3 Å². The predicted octanol–water partition coefficient (Wildman–Crippen LogP) is 1.27. The highest BCUT2D eigenvalue weighted by Crippen LogP contribution is 2.10. The zero-order valence-corrected chi connectivity index (χ0v) is 10.1. The maximum atomic E-state index is 5.31. The van der Waals surface area contributed by atoms with Crippen molar-refractivity contribution in [1.82, 2.24) is 15.2 Å². The molecule has 0 aromatic carbocycles. The molecular weight excluding hydrogens is 210 g/mol. The molecule has 3 heteroatoms. The van der Waals surface area contributed by atoms with Crippen LogP contribution in [0.25, 0.3) is 0 Å². The fraction of sp³-hybridized carbons (Fsp3) is 0.500. The topological polar surface area (TPSA) is 28.2 Å². The lowest BCUT2D eigenvalue weighted by Crippen LogP contribution is -2.42. The van der Waals surface area contributed by atoms with Gasteiger partial charge in [0, 0.05) is 38.1 Å². The number of hydrogen-bond acceptors (Lipinski definition) is 3. The van der Waals surface area contributed by atoms with Crippen LogP contribution in [0, 0.1) is 12.3 Å². The Hall–Kier alpha value is -1.37. The van der Waals surface area contributed by atoms with E-state index in [1.165, 1.54) is 18.4 Å². The van der Waals surface area contributed by atoms with Crippen LogP contribution < -0.4 is 5.32 Å². The van der Waals surface area contributed by atoms with Crippen LogP contribution in [0.1, 0.15) is 18.4 Å². The van der Waals surface area contributed by atoms with Gasteiger partial charge in [-0.2, -0.15) is 0 Å². The number of pyridine rings is 1. The maximum absolute atomic E-state index is 5.31. The van der Waals surface area contributed by atoms with Gasteiger partial charge in [-0.05, 0) is 24.5 Å². The Labute approximate surface area is 103 Å². The minimum Gasteiger partial charge on any atom is -0.310 e. The first-order valence-corrected chi connectivity index (χ1v) is 6.16. The van der Waals surface area contributed by atoms with Crippen molar-refractivity contribution in [2.75, 3.05) is 19.6 Å². The summed E-state index contributed by atoms with van der Waals surface area (Å²) in [6.07, 6.45) is 11.4. The molecule has 0 bridgehead atoms. The molecule has 1 aromatic heterocycles. The molecule has 2 heterocycles. The minimum absolute atomic E-state index is 0.615. The monoisotopic (exact) mass is 229 g/mol. The first-order chi connectivity index (χ1) is 8.38. The molecule has 17 heavy (non-hydrogen) atoms. The summed E-state index contributed by atoms with van der Waals surface area (Å²) in [7, 11) is 0. The summed E-state index contributed by atoms with van der Waals surface area (Å²) in [6.45, 7) is 3.91. The lowest BCUT2D eigenvalue weighted by atomic mass is 10.0. The number of aromatic nitrogens is 1. The van der Waals surface area contributed by atoms with Crippen molar-refractivity contribution < 1.29 is 0 Å². The molecular formula is C14H19N3. The smallest absolute Gasteiger partial charge is 0.0598 e. The zero-order chi connectivity index (χ0) is 11.9. The van der Waals surface area contributed by atoms with Gasteiger partial charge in [0.1, 0.15) is 0 Å². The van der Waals surface area contributed by atoms with E-state index < -0.39 is 0 Å². The summed E-state index contributed by atoms with van der Waals surface area (Å²) in [5, 5.41) is 3.58. The van der Waals surface area contributed by atoms with Crippen molar-refractivity contribution >= 4 is 0 Å². The molecule has 1 fully saturated rings. The second-order valence-electron chi connectivity index (χ2n) is 4.50. The Morgan fingerprint density at radius 1 is 1.47 bits per heavy atom. The Balaban J connectivity index is 1.70. The normalized spacial score (nSPS) is 17.8. The van der Waals surface area contributed by atoms with Crippen molar-refractivity contribution in [3.63, 3.8) is 0 Å². The van der Waals surface area contributed by atoms with Gasteiger partial charge in [-0.15, -0.1) is 6.42 Å². The quantitative estimate of drug-likeness (QED) is 0.788. The molecule has 1 aromatic rings. The summed E-state index contributed by atoms with van der Waals surface area (Å²) >= 11 is 0.